The Morgan fingerprint density at radius 1 is 1.00 bits per heavy atom. The Labute approximate surface area is 93.3 Å². The minimum absolute atomic E-state index is 0.228. The van der Waals surface area contributed by atoms with Gasteiger partial charge in [0.25, 0.3) is 0 Å². The predicted octanol–water partition coefficient (Wildman–Crippen LogP) is 1.54. The van der Waals surface area contributed by atoms with Gasteiger partial charge in [0.2, 0.25) is 0 Å². The van der Waals surface area contributed by atoms with Crippen LogP contribution in [0.4, 0.5) is 0 Å². The number of rotatable bonds is 2. The summed E-state index contributed by atoms with van der Waals surface area (Å²) in [5.41, 5.74) is 2.02. The van der Waals surface area contributed by atoms with Crippen molar-refractivity contribution >= 4 is 11.9 Å². The van der Waals surface area contributed by atoms with Crippen LogP contribution in [0.25, 0.3) is 0 Å². The molecule has 1 fully saturated rings. The summed E-state index contributed by atoms with van der Waals surface area (Å²) in [5, 5.41) is 18.3. The van der Waals surface area contributed by atoms with Gasteiger partial charge in [-0.3, -0.25) is 9.59 Å². The van der Waals surface area contributed by atoms with Crippen molar-refractivity contribution in [2.45, 2.75) is 13.8 Å². The number of aliphatic carboxylic acids is 2. The highest BCUT2D eigenvalue weighted by Crippen LogP contribution is 2.53. The Bertz CT molecular complexity index is 383. The van der Waals surface area contributed by atoms with E-state index in [1.165, 1.54) is 0 Å². The average Bonchev–Trinajstić information content (AvgIpc) is 2.70. The smallest absolute Gasteiger partial charge is 0.308 e. The Morgan fingerprint density at radius 2 is 1.38 bits per heavy atom. The molecule has 4 atom stereocenters. The van der Waals surface area contributed by atoms with E-state index in [1.807, 2.05) is 26.0 Å². The highest BCUT2D eigenvalue weighted by atomic mass is 16.4. The molecule has 1 saturated carbocycles. The fourth-order valence-corrected chi connectivity index (χ4v) is 3.02. The maximum atomic E-state index is 11.2. The summed E-state index contributed by atoms with van der Waals surface area (Å²) in [7, 11) is 0. The van der Waals surface area contributed by atoms with E-state index in [1.54, 1.807) is 0 Å². The van der Waals surface area contributed by atoms with E-state index in [4.69, 9.17) is 10.2 Å². The van der Waals surface area contributed by atoms with Crippen molar-refractivity contribution < 1.29 is 19.8 Å². The van der Waals surface area contributed by atoms with Crippen LogP contribution in [0.5, 0.6) is 0 Å². The van der Waals surface area contributed by atoms with Crippen LogP contribution in [-0.4, -0.2) is 22.2 Å². The zero-order chi connectivity index (χ0) is 12.0. The third-order valence-corrected chi connectivity index (χ3v) is 3.55. The molecule has 0 radical (unpaired) electrons. The first kappa shape index (κ1) is 10.9. The van der Waals surface area contributed by atoms with E-state index in [-0.39, 0.29) is 11.8 Å². The molecule has 0 aromatic carbocycles. The topological polar surface area (TPSA) is 74.6 Å². The number of carboxylic acids is 2. The van der Waals surface area contributed by atoms with Crippen molar-refractivity contribution in [1.29, 1.82) is 0 Å². The fraction of sp³-hybridized carbons (Fsp3) is 0.500. The van der Waals surface area contributed by atoms with E-state index in [9.17, 15) is 9.59 Å². The van der Waals surface area contributed by atoms with E-state index >= 15 is 0 Å². The number of allylic oxidation sites excluding steroid dienone is 4. The summed E-state index contributed by atoms with van der Waals surface area (Å²) in [5.74, 6) is -4.09. The molecular weight excluding hydrogens is 208 g/mol. The molecule has 16 heavy (non-hydrogen) atoms. The lowest BCUT2D eigenvalue weighted by Gasteiger charge is -2.19. The molecule has 0 aromatic heterocycles. The van der Waals surface area contributed by atoms with Crippen LogP contribution >= 0.6 is 0 Å². The highest BCUT2D eigenvalue weighted by Gasteiger charge is 2.55. The summed E-state index contributed by atoms with van der Waals surface area (Å²) in [6.07, 6.45) is 3.68. The summed E-state index contributed by atoms with van der Waals surface area (Å²) in [6.45, 7) is 3.82. The summed E-state index contributed by atoms with van der Waals surface area (Å²) in [4.78, 5) is 22.3. The second-order valence-corrected chi connectivity index (χ2v) is 4.62. The number of hydrogen-bond acceptors (Lipinski definition) is 2. The van der Waals surface area contributed by atoms with Crippen LogP contribution in [0.1, 0.15) is 13.8 Å². The predicted molar refractivity (Wildman–Crippen MR) is 56.7 cm³/mol. The van der Waals surface area contributed by atoms with Gasteiger partial charge in [-0.25, -0.2) is 0 Å². The van der Waals surface area contributed by atoms with Gasteiger partial charge in [0, 0.05) is 11.8 Å². The number of carboxylic acid groups (broad SMARTS) is 2. The highest BCUT2D eigenvalue weighted by molar-refractivity contribution is 5.84. The van der Waals surface area contributed by atoms with Gasteiger partial charge in [0.1, 0.15) is 0 Å². The van der Waals surface area contributed by atoms with Crippen LogP contribution in [0.2, 0.25) is 0 Å². The molecule has 0 spiro atoms. The molecule has 4 heteroatoms. The quantitative estimate of drug-likeness (QED) is 0.695. The van der Waals surface area contributed by atoms with E-state index in [0.29, 0.717) is 0 Å². The van der Waals surface area contributed by atoms with Crippen LogP contribution in [0, 0.1) is 23.7 Å². The summed E-state index contributed by atoms with van der Waals surface area (Å²) >= 11 is 0. The van der Waals surface area contributed by atoms with Gasteiger partial charge in [0.05, 0.1) is 11.8 Å². The van der Waals surface area contributed by atoms with Crippen molar-refractivity contribution in [2.24, 2.45) is 23.7 Å². The maximum Gasteiger partial charge on any atom is 0.308 e. The minimum atomic E-state index is -1.01. The lowest BCUT2D eigenvalue weighted by Crippen LogP contribution is -2.32. The van der Waals surface area contributed by atoms with E-state index in [0.717, 1.165) is 11.1 Å². The zero-order valence-corrected chi connectivity index (χ0v) is 9.18. The molecule has 2 aliphatic carbocycles. The second kappa shape index (κ2) is 3.47. The Balaban J connectivity index is 2.50. The summed E-state index contributed by atoms with van der Waals surface area (Å²) in [6, 6.07) is 0. The number of fused-ring (bicyclic) bond motifs is 2. The summed E-state index contributed by atoms with van der Waals surface area (Å²) < 4.78 is 0. The molecule has 0 amide bonds. The average molecular weight is 222 g/mol. The van der Waals surface area contributed by atoms with Gasteiger partial charge in [-0.05, 0) is 13.8 Å². The minimum Gasteiger partial charge on any atom is -0.481 e. The fourth-order valence-electron chi connectivity index (χ4n) is 3.02. The molecule has 0 unspecified atom stereocenters. The van der Waals surface area contributed by atoms with Gasteiger partial charge < -0.3 is 10.2 Å². The van der Waals surface area contributed by atoms with Gasteiger partial charge in [-0.2, -0.15) is 0 Å². The lowest BCUT2D eigenvalue weighted by molar-refractivity contribution is -0.154. The van der Waals surface area contributed by atoms with Gasteiger partial charge in [-0.1, -0.05) is 23.3 Å². The largest absolute Gasteiger partial charge is 0.481 e. The first-order chi connectivity index (χ1) is 7.45. The van der Waals surface area contributed by atoms with Crippen LogP contribution < -0.4 is 0 Å². The van der Waals surface area contributed by atoms with Crippen molar-refractivity contribution in [2.75, 3.05) is 0 Å². The third kappa shape index (κ3) is 1.29. The third-order valence-electron chi connectivity index (χ3n) is 3.55. The standard InChI is InChI=1S/C12H14O4/c1-5(2)8-6-3-4-7(8)10(12(15)16)9(6)11(13)14/h3-4,6-7,9-10H,1-2H3,(H,13,14)(H,15,16)/t6-,7-,9+,10+/m1/s1. The molecule has 2 bridgehead atoms. The molecule has 0 saturated heterocycles. The molecule has 0 heterocycles. The molecule has 4 nitrogen and oxygen atoms in total. The van der Waals surface area contributed by atoms with Crippen LogP contribution in [0.3, 0.4) is 0 Å². The molecular formula is C12H14O4. The molecule has 0 aliphatic heterocycles. The molecule has 0 aromatic rings. The SMILES string of the molecule is CC(C)=C1[C@H]2C=C[C@H]1[C@H](C(=O)O)[C@H]2C(=O)O. The molecule has 86 valence electrons. The first-order valence-corrected chi connectivity index (χ1v) is 5.26. The Kier molecular flexibility index (Phi) is 2.37. The van der Waals surface area contributed by atoms with Crippen molar-refractivity contribution in [3.63, 3.8) is 0 Å². The monoisotopic (exact) mass is 222 g/mol. The lowest BCUT2D eigenvalue weighted by atomic mass is 9.83. The number of carbonyl (C=O) groups is 2. The normalized spacial score (nSPS) is 35.5. The molecule has 2 aliphatic rings. The molecule has 2 rings (SSSR count). The van der Waals surface area contributed by atoms with E-state index in [2.05, 4.69) is 0 Å². The van der Waals surface area contributed by atoms with Crippen molar-refractivity contribution in [1.82, 2.24) is 0 Å². The van der Waals surface area contributed by atoms with Crippen molar-refractivity contribution in [3.05, 3.63) is 23.3 Å². The Hall–Kier alpha value is -1.58. The Morgan fingerprint density at radius 3 is 1.62 bits per heavy atom. The second-order valence-electron chi connectivity index (χ2n) is 4.62. The zero-order valence-electron chi connectivity index (χ0n) is 9.18. The van der Waals surface area contributed by atoms with E-state index < -0.39 is 23.8 Å². The van der Waals surface area contributed by atoms with Crippen LogP contribution in [-0.2, 0) is 9.59 Å². The van der Waals surface area contributed by atoms with Crippen molar-refractivity contribution in [3.8, 4) is 0 Å². The van der Waals surface area contributed by atoms with Gasteiger partial charge in [-0.15, -0.1) is 0 Å². The van der Waals surface area contributed by atoms with Gasteiger partial charge >= 0.3 is 11.9 Å². The maximum absolute atomic E-state index is 11.2. The molecule has 2 N–H and O–H groups in total. The first-order valence-electron chi connectivity index (χ1n) is 5.26. The van der Waals surface area contributed by atoms with Crippen LogP contribution in [0.15, 0.2) is 23.3 Å². The number of hydrogen-bond donors (Lipinski definition) is 2. The van der Waals surface area contributed by atoms with Gasteiger partial charge in [0.15, 0.2) is 0 Å².